The predicted octanol–water partition coefficient (Wildman–Crippen LogP) is 3.75. The van der Waals surface area contributed by atoms with Crippen LogP contribution in [-0.4, -0.2) is 11.5 Å². The molecule has 0 aliphatic carbocycles. The monoisotopic (exact) mass is 262 g/mol. The molecule has 0 unspecified atom stereocenters. The lowest BCUT2D eigenvalue weighted by Crippen LogP contribution is -2.01. The average molecular weight is 263 g/mol. The predicted molar refractivity (Wildman–Crippen MR) is 74.2 cm³/mol. The van der Waals surface area contributed by atoms with Crippen LogP contribution in [0.15, 0.2) is 42.6 Å². The van der Waals surface area contributed by atoms with Gasteiger partial charge in [0.15, 0.2) is 0 Å². The van der Waals surface area contributed by atoms with Crippen molar-refractivity contribution in [3.05, 3.63) is 53.3 Å². The maximum atomic E-state index is 5.81. The first-order chi connectivity index (χ1) is 8.78. The summed E-state index contributed by atoms with van der Waals surface area (Å²) in [5.74, 6) is 0.787. The van der Waals surface area contributed by atoms with Gasteiger partial charge < -0.3 is 10.1 Å². The largest absolute Gasteiger partial charge is 0.487 e. The minimum Gasteiger partial charge on any atom is -0.487 e. The van der Waals surface area contributed by atoms with Crippen LogP contribution in [0.2, 0.25) is 5.02 Å². The van der Waals surface area contributed by atoms with Gasteiger partial charge in [0.2, 0.25) is 0 Å². The van der Waals surface area contributed by atoms with Crippen LogP contribution in [0.25, 0.3) is 0 Å². The number of rotatable bonds is 5. The van der Waals surface area contributed by atoms with Crippen molar-refractivity contribution in [2.75, 3.05) is 11.9 Å². The zero-order valence-corrected chi connectivity index (χ0v) is 10.9. The van der Waals surface area contributed by atoms with Gasteiger partial charge >= 0.3 is 0 Å². The summed E-state index contributed by atoms with van der Waals surface area (Å²) in [6.45, 7) is 3.40. The Bertz CT molecular complexity index is 499. The van der Waals surface area contributed by atoms with E-state index in [1.165, 1.54) is 0 Å². The van der Waals surface area contributed by atoms with Crippen LogP contribution in [0.3, 0.4) is 0 Å². The molecule has 0 radical (unpaired) electrons. The van der Waals surface area contributed by atoms with Crippen molar-refractivity contribution >= 4 is 17.3 Å². The second-order valence-corrected chi connectivity index (χ2v) is 4.25. The van der Waals surface area contributed by atoms with E-state index < -0.39 is 0 Å². The number of halogens is 1. The third kappa shape index (κ3) is 3.64. The van der Waals surface area contributed by atoms with Gasteiger partial charge in [-0.15, -0.1) is 0 Å². The first-order valence-corrected chi connectivity index (χ1v) is 6.23. The van der Waals surface area contributed by atoms with Crippen LogP contribution in [0, 0.1) is 0 Å². The highest BCUT2D eigenvalue weighted by atomic mass is 35.5. The van der Waals surface area contributed by atoms with Gasteiger partial charge in [-0.2, -0.15) is 0 Å². The van der Waals surface area contributed by atoms with E-state index in [0.29, 0.717) is 11.6 Å². The highest BCUT2D eigenvalue weighted by Gasteiger charge is 1.99. The SMILES string of the molecule is CCNc1ccnc(COc2ccc(Cl)cc2)c1. The number of ether oxygens (including phenoxy) is 1. The molecule has 0 aliphatic heterocycles. The van der Waals surface area contributed by atoms with Gasteiger partial charge in [0.05, 0.1) is 5.69 Å². The molecule has 4 heteroatoms. The summed E-state index contributed by atoms with van der Waals surface area (Å²) in [6, 6.07) is 11.2. The first-order valence-electron chi connectivity index (χ1n) is 5.85. The van der Waals surface area contributed by atoms with Crippen LogP contribution in [0.5, 0.6) is 5.75 Å². The molecule has 0 saturated heterocycles. The molecule has 1 aromatic carbocycles. The van der Waals surface area contributed by atoms with Crippen LogP contribution in [0.4, 0.5) is 5.69 Å². The number of nitrogens with one attached hydrogen (secondary N) is 1. The van der Waals surface area contributed by atoms with E-state index in [1.54, 1.807) is 18.3 Å². The standard InChI is InChI=1S/C14H15ClN2O/c1-2-16-12-7-8-17-13(9-12)10-18-14-5-3-11(15)4-6-14/h3-9H,2,10H2,1H3,(H,16,17). The Labute approximate surface area is 112 Å². The van der Waals surface area contributed by atoms with Crippen LogP contribution < -0.4 is 10.1 Å². The summed E-state index contributed by atoms with van der Waals surface area (Å²) in [5.41, 5.74) is 1.95. The molecule has 0 fully saturated rings. The molecule has 0 atom stereocenters. The molecular formula is C14H15ClN2O. The van der Waals surface area contributed by atoms with Crippen LogP contribution in [0.1, 0.15) is 12.6 Å². The van der Waals surface area contributed by atoms with Gasteiger partial charge in [0.25, 0.3) is 0 Å². The molecule has 0 spiro atoms. The zero-order chi connectivity index (χ0) is 12.8. The lowest BCUT2D eigenvalue weighted by molar-refractivity contribution is 0.301. The highest BCUT2D eigenvalue weighted by molar-refractivity contribution is 6.30. The summed E-state index contributed by atoms with van der Waals surface area (Å²) in [5, 5.41) is 3.94. The number of aromatic nitrogens is 1. The molecule has 0 amide bonds. The Morgan fingerprint density at radius 3 is 2.72 bits per heavy atom. The van der Waals surface area contributed by atoms with Crippen molar-refractivity contribution in [1.29, 1.82) is 0 Å². The van der Waals surface area contributed by atoms with Gasteiger partial charge in [0.1, 0.15) is 12.4 Å². The van der Waals surface area contributed by atoms with Gasteiger partial charge in [-0.25, -0.2) is 0 Å². The van der Waals surface area contributed by atoms with Gasteiger partial charge in [-0.3, -0.25) is 4.98 Å². The molecule has 0 aliphatic rings. The van der Waals surface area contributed by atoms with Crippen molar-refractivity contribution in [3.63, 3.8) is 0 Å². The number of hydrogen-bond acceptors (Lipinski definition) is 3. The zero-order valence-electron chi connectivity index (χ0n) is 10.2. The maximum absolute atomic E-state index is 5.81. The van der Waals surface area contributed by atoms with Crippen LogP contribution >= 0.6 is 11.6 Å². The van der Waals surface area contributed by atoms with E-state index >= 15 is 0 Å². The molecule has 18 heavy (non-hydrogen) atoms. The Morgan fingerprint density at radius 2 is 2.00 bits per heavy atom. The highest BCUT2D eigenvalue weighted by Crippen LogP contribution is 2.17. The molecule has 1 N–H and O–H groups in total. The summed E-state index contributed by atoms with van der Waals surface area (Å²) in [7, 11) is 0. The minimum atomic E-state index is 0.445. The van der Waals surface area contributed by atoms with Crippen LogP contribution in [-0.2, 0) is 6.61 Å². The first kappa shape index (κ1) is 12.7. The van der Waals surface area contributed by atoms with E-state index in [9.17, 15) is 0 Å². The molecule has 3 nitrogen and oxygen atoms in total. The minimum absolute atomic E-state index is 0.445. The summed E-state index contributed by atoms with van der Waals surface area (Å²) in [4.78, 5) is 4.26. The second kappa shape index (κ2) is 6.26. The Kier molecular flexibility index (Phi) is 4.42. The normalized spacial score (nSPS) is 10.1. The van der Waals surface area contributed by atoms with E-state index in [1.807, 2.05) is 24.3 Å². The fourth-order valence-corrected chi connectivity index (χ4v) is 1.69. The summed E-state index contributed by atoms with van der Waals surface area (Å²) >= 11 is 5.81. The summed E-state index contributed by atoms with van der Waals surface area (Å²) < 4.78 is 5.63. The fourth-order valence-electron chi connectivity index (χ4n) is 1.56. The van der Waals surface area contributed by atoms with E-state index in [4.69, 9.17) is 16.3 Å². The summed E-state index contributed by atoms with van der Waals surface area (Å²) in [6.07, 6.45) is 1.78. The van der Waals surface area contributed by atoms with E-state index in [0.717, 1.165) is 23.7 Å². The number of hydrogen-bond donors (Lipinski definition) is 1. The molecule has 0 bridgehead atoms. The lowest BCUT2D eigenvalue weighted by atomic mass is 10.3. The van der Waals surface area contributed by atoms with E-state index in [2.05, 4.69) is 17.2 Å². The molecule has 2 rings (SSSR count). The Morgan fingerprint density at radius 1 is 1.22 bits per heavy atom. The second-order valence-electron chi connectivity index (χ2n) is 3.81. The number of pyridine rings is 1. The van der Waals surface area contributed by atoms with Gasteiger partial charge in [0, 0.05) is 23.5 Å². The van der Waals surface area contributed by atoms with Crippen molar-refractivity contribution in [3.8, 4) is 5.75 Å². The third-order valence-corrected chi connectivity index (χ3v) is 2.65. The lowest BCUT2D eigenvalue weighted by Gasteiger charge is -2.07. The molecule has 94 valence electrons. The fraction of sp³-hybridized carbons (Fsp3) is 0.214. The molecular weight excluding hydrogens is 248 g/mol. The molecule has 1 aromatic heterocycles. The topological polar surface area (TPSA) is 34.2 Å². The Hall–Kier alpha value is -1.74. The van der Waals surface area contributed by atoms with Crippen molar-refractivity contribution in [1.82, 2.24) is 4.98 Å². The smallest absolute Gasteiger partial charge is 0.130 e. The quantitative estimate of drug-likeness (QED) is 0.891. The third-order valence-electron chi connectivity index (χ3n) is 2.40. The Balaban J connectivity index is 1.97. The molecule has 0 saturated carbocycles. The average Bonchev–Trinajstić information content (AvgIpc) is 2.39. The van der Waals surface area contributed by atoms with Crippen molar-refractivity contribution < 1.29 is 4.74 Å². The maximum Gasteiger partial charge on any atom is 0.130 e. The van der Waals surface area contributed by atoms with Crippen molar-refractivity contribution in [2.45, 2.75) is 13.5 Å². The van der Waals surface area contributed by atoms with Crippen molar-refractivity contribution in [2.24, 2.45) is 0 Å². The molecule has 1 heterocycles. The molecule has 2 aromatic rings. The van der Waals surface area contributed by atoms with Gasteiger partial charge in [-0.1, -0.05) is 11.6 Å². The number of nitrogens with zero attached hydrogens (tertiary/aromatic N) is 1. The van der Waals surface area contributed by atoms with E-state index in [-0.39, 0.29) is 0 Å². The number of benzene rings is 1. The number of anilines is 1. The van der Waals surface area contributed by atoms with Gasteiger partial charge in [-0.05, 0) is 43.3 Å².